The van der Waals surface area contributed by atoms with E-state index < -0.39 is 0 Å². The second kappa shape index (κ2) is 10.9. The van der Waals surface area contributed by atoms with E-state index in [0.717, 1.165) is 63.7 Å². The normalized spacial score (nSPS) is 23.5. The molecule has 0 radical (unpaired) electrons. The zero-order valence-corrected chi connectivity index (χ0v) is 20.1. The van der Waals surface area contributed by atoms with Crippen molar-refractivity contribution in [2.24, 2.45) is 4.99 Å². The van der Waals surface area contributed by atoms with Gasteiger partial charge in [0.15, 0.2) is 5.96 Å². The van der Waals surface area contributed by atoms with Crippen LogP contribution in [0.25, 0.3) is 0 Å². The molecule has 1 amide bonds. The molecule has 152 valence electrons. The molecule has 2 aliphatic heterocycles. The molecule has 2 rings (SSSR count). The predicted octanol–water partition coefficient (Wildman–Crippen LogP) is 1.95. The SMILES string of the molecule is CN=C(NCCCN1CCCC1C(=O)N(C)C)N1CCSC(C)(C)C1.I. The van der Waals surface area contributed by atoms with Gasteiger partial charge < -0.3 is 15.1 Å². The second-order valence-corrected chi connectivity index (χ2v) is 9.59. The standard InChI is InChI=1S/C18H35N5OS.HI/c1-18(2)14-23(12-13-25-18)17(19-3)20-9-7-11-22-10-6-8-15(22)16(24)21(4)5;/h15H,6-14H2,1-5H3,(H,19,20);1H. The Balaban J connectivity index is 0.00000338. The second-order valence-electron chi connectivity index (χ2n) is 7.78. The van der Waals surface area contributed by atoms with Gasteiger partial charge in [0.25, 0.3) is 0 Å². The molecule has 0 aromatic carbocycles. The van der Waals surface area contributed by atoms with Crippen molar-refractivity contribution < 1.29 is 4.79 Å². The molecule has 8 heteroatoms. The Kier molecular flexibility index (Phi) is 10.0. The highest BCUT2D eigenvalue weighted by Crippen LogP contribution is 2.29. The fourth-order valence-electron chi connectivity index (χ4n) is 3.68. The number of rotatable bonds is 5. The first-order valence-electron chi connectivity index (χ1n) is 9.39. The Morgan fingerprint density at radius 1 is 1.35 bits per heavy atom. The van der Waals surface area contributed by atoms with Crippen LogP contribution in [0.1, 0.15) is 33.1 Å². The predicted molar refractivity (Wildman–Crippen MR) is 123 cm³/mol. The summed E-state index contributed by atoms with van der Waals surface area (Å²) in [6, 6.07) is 0.0780. The van der Waals surface area contributed by atoms with E-state index in [1.165, 1.54) is 0 Å². The number of halogens is 1. The average molecular weight is 497 g/mol. The Labute approximate surface area is 180 Å². The summed E-state index contributed by atoms with van der Waals surface area (Å²) in [5, 5.41) is 3.51. The minimum atomic E-state index is 0. The summed E-state index contributed by atoms with van der Waals surface area (Å²) >= 11 is 2.04. The van der Waals surface area contributed by atoms with Crippen molar-refractivity contribution >= 4 is 47.6 Å². The summed E-state index contributed by atoms with van der Waals surface area (Å²) in [4.78, 5) is 23.1. The van der Waals surface area contributed by atoms with E-state index in [9.17, 15) is 4.79 Å². The van der Waals surface area contributed by atoms with Crippen LogP contribution in [0.3, 0.4) is 0 Å². The summed E-state index contributed by atoms with van der Waals surface area (Å²) in [5.41, 5.74) is 0. The molecule has 1 N–H and O–H groups in total. The molecule has 0 bridgehead atoms. The molecule has 26 heavy (non-hydrogen) atoms. The number of hydrogen-bond acceptors (Lipinski definition) is 4. The summed E-state index contributed by atoms with van der Waals surface area (Å²) in [6.45, 7) is 9.59. The van der Waals surface area contributed by atoms with Gasteiger partial charge in [-0.3, -0.25) is 14.7 Å². The molecule has 2 saturated heterocycles. The number of aliphatic imine (C=N–C) groups is 1. The summed E-state index contributed by atoms with van der Waals surface area (Å²) in [6.07, 6.45) is 3.15. The van der Waals surface area contributed by atoms with Crippen LogP contribution in [0.2, 0.25) is 0 Å². The van der Waals surface area contributed by atoms with Crippen molar-refractivity contribution in [3.05, 3.63) is 0 Å². The number of thioether (sulfide) groups is 1. The number of carbonyl (C=O) groups excluding carboxylic acids is 1. The van der Waals surface area contributed by atoms with Crippen LogP contribution in [0, 0.1) is 0 Å². The Hall–Kier alpha value is -0.220. The lowest BCUT2D eigenvalue weighted by Crippen LogP contribution is -2.51. The maximum atomic E-state index is 12.3. The number of hydrogen-bond donors (Lipinski definition) is 1. The fourth-order valence-corrected chi connectivity index (χ4v) is 4.79. The molecular weight excluding hydrogens is 461 g/mol. The molecule has 0 aromatic rings. The summed E-state index contributed by atoms with van der Waals surface area (Å²) in [7, 11) is 5.56. The van der Waals surface area contributed by atoms with E-state index in [2.05, 4.69) is 34.0 Å². The fraction of sp³-hybridized carbons (Fsp3) is 0.889. The molecule has 1 atom stereocenters. The topological polar surface area (TPSA) is 51.2 Å². The zero-order valence-electron chi connectivity index (χ0n) is 17.0. The third-order valence-electron chi connectivity index (χ3n) is 4.93. The van der Waals surface area contributed by atoms with Crippen molar-refractivity contribution in [1.82, 2.24) is 20.0 Å². The van der Waals surface area contributed by atoms with Crippen molar-refractivity contribution in [2.45, 2.75) is 43.9 Å². The molecule has 0 aromatic heterocycles. The van der Waals surface area contributed by atoms with Gasteiger partial charge in [-0.05, 0) is 39.7 Å². The lowest BCUT2D eigenvalue weighted by molar-refractivity contribution is -0.133. The van der Waals surface area contributed by atoms with Gasteiger partial charge in [-0.25, -0.2) is 0 Å². The maximum Gasteiger partial charge on any atom is 0.239 e. The van der Waals surface area contributed by atoms with Crippen LogP contribution in [-0.4, -0.2) is 97.0 Å². The molecule has 2 fully saturated rings. The summed E-state index contributed by atoms with van der Waals surface area (Å²) < 4.78 is 0.283. The largest absolute Gasteiger partial charge is 0.356 e. The third kappa shape index (κ3) is 6.74. The van der Waals surface area contributed by atoms with Crippen LogP contribution in [0.5, 0.6) is 0 Å². The number of carbonyl (C=O) groups is 1. The van der Waals surface area contributed by atoms with E-state index in [-0.39, 0.29) is 40.7 Å². The van der Waals surface area contributed by atoms with E-state index in [4.69, 9.17) is 0 Å². The number of nitrogens with zero attached hydrogens (tertiary/aromatic N) is 4. The highest BCUT2D eigenvalue weighted by Gasteiger charge is 2.31. The van der Waals surface area contributed by atoms with E-state index in [0.29, 0.717) is 0 Å². The molecule has 0 saturated carbocycles. The van der Waals surface area contributed by atoms with Crippen molar-refractivity contribution in [3.63, 3.8) is 0 Å². The molecule has 2 aliphatic rings. The number of amides is 1. The molecule has 0 spiro atoms. The van der Waals surface area contributed by atoms with Crippen LogP contribution in [0.4, 0.5) is 0 Å². The van der Waals surface area contributed by atoms with E-state index >= 15 is 0 Å². The molecule has 1 unspecified atom stereocenters. The van der Waals surface area contributed by atoms with Gasteiger partial charge in [0.05, 0.1) is 6.04 Å². The lowest BCUT2D eigenvalue weighted by atomic mass is 10.2. The van der Waals surface area contributed by atoms with Gasteiger partial charge in [0, 0.05) is 57.8 Å². The molecule has 2 heterocycles. The monoisotopic (exact) mass is 497 g/mol. The Morgan fingerprint density at radius 2 is 2.08 bits per heavy atom. The first-order chi connectivity index (χ1) is 11.8. The number of guanidine groups is 1. The smallest absolute Gasteiger partial charge is 0.239 e. The zero-order chi connectivity index (χ0) is 18.4. The van der Waals surface area contributed by atoms with Crippen molar-refractivity contribution in [3.8, 4) is 0 Å². The number of likely N-dealkylation sites (N-methyl/N-ethyl adjacent to an activating group) is 1. The van der Waals surface area contributed by atoms with Gasteiger partial charge in [0.2, 0.25) is 5.91 Å². The molecular formula is C18H36IN5OS. The minimum absolute atomic E-state index is 0. The van der Waals surface area contributed by atoms with Crippen LogP contribution >= 0.6 is 35.7 Å². The van der Waals surface area contributed by atoms with Crippen LogP contribution in [-0.2, 0) is 4.79 Å². The van der Waals surface area contributed by atoms with Crippen molar-refractivity contribution in [1.29, 1.82) is 0 Å². The first kappa shape index (κ1) is 23.8. The Bertz CT molecular complexity index is 486. The van der Waals surface area contributed by atoms with E-state index in [1.54, 1.807) is 4.90 Å². The van der Waals surface area contributed by atoms with Gasteiger partial charge >= 0.3 is 0 Å². The highest BCUT2D eigenvalue weighted by atomic mass is 127. The first-order valence-corrected chi connectivity index (χ1v) is 10.4. The number of nitrogens with one attached hydrogen (secondary N) is 1. The molecule has 6 nitrogen and oxygen atoms in total. The van der Waals surface area contributed by atoms with Gasteiger partial charge in [-0.1, -0.05) is 0 Å². The Morgan fingerprint density at radius 3 is 2.69 bits per heavy atom. The summed E-state index contributed by atoms with van der Waals surface area (Å²) in [5.74, 6) is 2.40. The van der Waals surface area contributed by atoms with Gasteiger partial charge in [-0.15, -0.1) is 24.0 Å². The lowest BCUT2D eigenvalue weighted by Gasteiger charge is -2.39. The van der Waals surface area contributed by atoms with Gasteiger partial charge in [-0.2, -0.15) is 11.8 Å². The quantitative estimate of drug-likeness (QED) is 0.273. The molecule has 0 aliphatic carbocycles. The van der Waals surface area contributed by atoms with E-state index in [1.807, 2.05) is 32.9 Å². The van der Waals surface area contributed by atoms with Crippen molar-refractivity contribution in [2.75, 3.05) is 59.6 Å². The minimum Gasteiger partial charge on any atom is -0.356 e. The van der Waals surface area contributed by atoms with Gasteiger partial charge in [0.1, 0.15) is 0 Å². The third-order valence-corrected chi connectivity index (χ3v) is 6.23. The average Bonchev–Trinajstić information content (AvgIpc) is 3.01. The highest BCUT2D eigenvalue weighted by molar-refractivity contribution is 14.0. The van der Waals surface area contributed by atoms with Crippen LogP contribution < -0.4 is 5.32 Å². The van der Waals surface area contributed by atoms with Crippen LogP contribution in [0.15, 0.2) is 4.99 Å². The number of likely N-dealkylation sites (tertiary alicyclic amines) is 1. The maximum absolute atomic E-state index is 12.3.